The van der Waals surface area contributed by atoms with E-state index in [2.05, 4.69) is 41.7 Å². The fourth-order valence-electron chi connectivity index (χ4n) is 4.06. The molecular weight excluding hydrogens is 358 g/mol. The van der Waals surface area contributed by atoms with Crippen LogP contribution >= 0.6 is 0 Å². The molecule has 10 nitrogen and oxygen atoms in total. The molecule has 0 radical (unpaired) electrons. The first-order chi connectivity index (χ1) is 13.6. The third kappa shape index (κ3) is 2.80. The predicted octanol–water partition coefficient (Wildman–Crippen LogP) is 0.238. The van der Waals surface area contributed by atoms with Gasteiger partial charge in [0.15, 0.2) is 11.6 Å². The molecule has 10 heteroatoms. The zero-order valence-electron chi connectivity index (χ0n) is 16.0. The Hall–Kier alpha value is -3.01. The van der Waals surface area contributed by atoms with Gasteiger partial charge in [-0.25, -0.2) is 4.98 Å². The van der Waals surface area contributed by atoms with E-state index in [1.807, 2.05) is 24.3 Å². The molecule has 3 aromatic rings. The van der Waals surface area contributed by atoms with Crippen LogP contribution in [0.15, 0.2) is 18.6 Å². The van der Waals surface area contributed by atoms with Gasteiger partial charge in [0.2, 0.25) is 0 Å². The minimum Gasteiger partial charge on any atom is -0.333 e. The second-order valence-electron chi connectivity index (χ2n) is 7.48. The number of rotatable bonds is 2. The first-order valence-corrected chi connectivity index (χ1v) is 9.59. The van der Waals surface area contributed by atoms with Crippen molar-refractivity contribution >= 4 is 5.91 Å². The van der Waals surface area contributed by atoms with E-state index in [1.54, 1.807) is 10.9 Å². The van der Waals surface area contributed by atoms with Crippen molar-refractivity contribution in [3.8, 4) is 11.4 Å². The summed E-state index contributed by atoms with van der Waals surface area (Å²) in [6.45, 7) is 5.75. The number of amides is 1. The van der Waals surface area contributed by atoms with Crippen molar-refractivity contribution in [3.63, 3.8) is 0 Å². The second kappa shape index (κ2) is 6.55. The zero-order valence-corrected chi connectivity index (χ0v) is 16.0. The number of imidazole rings is 1. The molecule has 0 saturated carbocycles. The summed E-state index contributed by atoms with van der Waals surface area (Å²) in [5.41, 5.74) is 1.45. The Labute approximate surface area is 162 Å². The summed E-state index contributed by atoms with van der Waals surface area (Å²) in [7, 11) is 1.88. The summed E-state index contributed by atoms with van der Waals surface area (Å²) >= 11 is 0. The number of hydrogen-bond acceptors (Lipinski definition) is 6. The standard InChI is InChI=1S/C18H23N9O/c1-12-8-26(18(28)14-10-25-6-5-19-4-3-15(25)21-14)11-16-22-23-17(27(12)16)13-7-20-24(2)9-13/h7,9-10,12,19H,3-6,8,11H2,1-2H3/t12-/m0/s1. The van der Waals surface area contributed by atoms with Gasteiger partial charge in [0.25, 0.3) is 5.91 Å². The maximum absolute atomic E-state index is 13.1. The lowest BCUT2D eigenvalue weighted by atomic mass is 10.2. The first-order valence-electron chi connectivity index (χ1n) is 9.59. The topological polar surface area (TPSA) is 98.7 Å². The molecular formula is C18H23N9O. The maximum atomic E-state index is 13.1. The summed E-state index contributed by atoms with van der Waals surface area (Å²) in [5, 5.41) is 16.3. The summed E-state index contributed by atoms with van der Waals surface area (Å²) in [5.74, 6) is 2.51. The van der Waals surface area contributed by atoms with Gasteiger partial charge in [0.1, 0.15) is 11.5 Å². The number of nitrogens with zero attached hydrogens (tertiary/aromatic N) is 8. The number of aryl methyl sites for hydroxylation is 1. The second-order valence-corrected chi connectivity index (χ2v) is 7.48. The van der Waals surface area contributed by atoms with Crippen LogP contribution in [0.3, 0.4) is 0 Å². The molecule has 146 valence electrons. The number of hydrogen-bond donors (Lipinski definition) is 1. The number of nitrogens with one attached hydrogen (secondary N) is 1. The Bertz CT molecular complexity index is 1010. The predicted molar refractivity (Wildman–Crippen MR) is 100 cm³/mol. The Balaban J connectivity index is 1.41. The van der Waals surface area contributed by atoms with Crippen molar-refractivity contribution in [3.05, 3.63) is 35.9 Å². The number of carbonyl (C=O) groups excluding carboxylic acids is 1. The molecule has 0 fully saturated rings. The molecule has 0 unspecified atom stereocenters. The average molecular weight is 381 g/mol. The van der Waals surface area contributed by atoms with E-state index in [1.165, 1.54) is 0 Å². The van der Waals surface area contributed by atoms with Crippen LogP contribution in [0.2, 0.25) is 0 Å². The van der Waals surface area contributed by atoms with E-state index >= 15 is 0 Å². The normalized spacial score (nSPS) is 19.2. The van der Waals surface area contributed by atoms with Gasteiger partial charge in [-0.15, -0.1) is 10.2 Å². The van der Waals surface area contributed by atoms with E-state index in [9.17, 15) is 4.79 Å². The molecule has 3 aromatic heterocycles. The molecule has 5 heterocycles. The Kier molecular flexibility index (Phi) is 4.00. The van der Waals surface area contributed by atoms with E-state index < -0.39 is 0 Å². The van der Waals surface area contributed by atoms with Gasteiger partial charge in [-0.05, 0) is 6.92 Å². The van der Waals surface area contributed by atoms with Gasteiger partial charge in [-0.2, -0.15) is 5.10 Å². The zero-order chi connectivity index (χ0) is 19.3. The lowest BCUT2D eigenvalue weighted by Gasteiger charge is -2.32. The van der Waals surface area contributed by atoms with Crippen molar-refractivity contribution < 1.29 is 4.79 Å². The van der Waals surface area contributed by atoms with Crippen LogP contribution in [0.5, 0.6) is 0 Å². The summed E-state index contributed by atoms with van der Waals surface area (Å²) in [6.07, 6.45) is 6.44. The van der Waals surface area contributed by atoms with Crippen LogP contribution in [0, 0.1) is 0 Å². The monoisotopic (exact) mass is 381 g/mol. The molecule has 28 heavy (non-hydrogen) atoms. The van der Waals surface area contributed by atoms with Crippen molar-refractivity contribution in [2.24, 2.45) is 7.05 Å². The molecule has 0 aliphatic carbocycles. The molecule has 2 aliphatic heterocycles. The Morgan fingerprint density at radius 3 is 2.93 bits per heavy atom. The van der Waals surface area contributed by atoms with Gasteiger partial charge >= 0.3 is 0 Å². The highest BCUT2D eigenvalue weighted by molar-refractivity contribution is 5.92. The Morgan fingerprint density at radius 1 is 1.21 bits per heavy atom. The van der Waals surface area contributed by atoms with Crippen molar-refractivity contribution in [1.82, 2.24) is 44.3 Å². The molecule has 0 saturated heterocycles. The summed E-state index contributed by atoms with van der Waals surface area (Å²) < 4.78 is 5.94. The van der Waals surface area contributed by atoms with Crippen LogP contribution in [0.1, 0.15) is 35.1 Å². The van der Waals surface area contributed by atoms with E-state index in [0.717, 1.165) is 49.1 Å². The number of fused-ring (bicyclic) bond motifs is 2. The van der Waals surface area contributed by atoms with Gasteiger partial charge < -0.3 is 19.4 Å². The minimum absolute atomic E-state index is 0.0439. The average Bonchev–Trinajstić information content (AvgIpc) is 3.36. The molecule has 2 aliphatic rings. The smallest absolute Gasteiger partial charge is 0.274 e. The van der Waals surface area contributed by atoms with Crippen LogP contribution in [0.4, 0.5) is 0 Å². The summed E-state index contributed by atoms with van der Waals surface area (Å²) in [4.78, 5) is 19.5. The van der Waals surface area contributed by atoms with Crippen LogP contribution in [-0.2, 0) is 26.6 Å². The van der Waals surface area contributed by atoms with E-state index in [4.69, 9.17) is 0 Å². The van der Waals surface area contributed by atoms with Gasteiger partial charge in [0.05, 0.1) is 24.3 Å². The first kappa shape index (κ1) is 17.1. The SMILES string of the molecule is C[C@H]1CN(C(=O)c2cn3c(n2)CCNCC3)Cc2nnc(-c3cnn(C)c3)n21. The van der Waals surface area contributed by atoms with Crippen molar-refractivity contribution in [1.29, 1.82) is 0 Å². The van der Waals surface area contributed by atoms with E-state index in [-0.39, 0.29) is 11.9 Å². The molecule has 1 atom stereocenters. The number of carbonyl (C=O) groups is 1. The van der Waals surface area contributed by atoms with E-state index in [0.29, 0.717) is 18.8 Å². The molecule has 5 rings (SSSR count). The third-order valence-electron chi connectivity index (χ3n) is 5.41. The molecule has 0 spiro atoms. The van der Waals surface area contributed by atoms with Gasteiger partial charge in [-0.3, -0.25) is 9.48 Å². The fourth-order valence-corrected chi connectivity index (χ4v) is 4.06. The maximum Gasteiger partial charge on any atom is 0.274 e. The molecule has 0 aromatic carbocycles. The van der Waals surface area contributed by atoms with Crippen LogP contribution in [0.25, 0.3) is 11.4 Å². The fraction of sp³-hybridized carbons (Fsp3) is 0.500. The molecule has 1 N–H and O–H groups in total. The number of aromatic nitrogens is 7. The molecule has 1 amide bonds. The lowest BCUT2D eigenvalue weighted by molar-refractivity contribution is 0.0676. The van der Waals surface area contributed by atoms with Gasteiger partial charge in [0, 0.05) is 52.0 Å². The van der Waals surface area contributed by atoms with Crippen LogP contribution < -0.4 is 5.32 Å². The molecule has 0 bridgehead atoms. The lowest BCUT2D eigenvalue weighted by Crippen LogP contribution is -2.40. The quantitative estimate of drug-likeness (QED) is 0.683. The van der Waals surface area contributed by atoms with Crippen molar-refractivity contribution in [2.45, 2.75) is 32.5 Å². The van der Waals surface area contributed by atoms with Crippen molar-refractivity contribution in [2.75, 3.05) is 19.6 Å². The summed E-state index contributed by atoms with van der Waals surface area (Å²) in [6, 6.07) is 0.0718. The highest BCUT2D eigenvalue weighted by Crippen LogP contribution is 2.28. The third-order valence-corrected chi connectivity index (χ3v) is 5.41. The Morgan fingerprint density at radius 2 is 2.11 bits per heavy atom. The highest BCUT2D eigenvalue weighted by Gasteiger charge is 2.31. The van der Waals surface area contributed by atoms with Crippen LogP contribution in [-0.4, -0.2) is 64.5 Å². The highest BCUT2D eigenvalue weighted by atomic mass is 16.2. The minimum atomic E-state index is -0.0439. The largest absolute Gasteiger partial charge is 0.333 e. The van der Waals surface area contributed by atoms with Gasteiger partial charge in [-0.1, -0.05) is 0 Å².